The Kier molecular flexibility index (Phi) is 4.75. The number of pyridine rings is 1. The van der Waals surface area contributed by atoms with Crippen LogP contribution in [0, 0.1) is 0 Å². The Balaban J connectivity index is 2.11. The van der Waals surface area contributed by atoms with Gasteiger partial charge in [-0.25, -0.2) is 0 Å². The lowest BCUT2D eigenvalue weighted by molar-refractivity contribution is -0.118. The molecular weight excluding hydrogens is 330 g/mol. The lowest BCUT2D eigenvalue weighted by Crippen LogP contribution is -2.31. The number of anilines is 2. The van der Waals surface area contributed by atoms with Crippen LogP contribution in [0.15, 0.2) is 60.1 Å². The second-order valence-corrected chi connectivity index (χ2v) is 6.31. The van der Waals surface area contributed by atoms with Crippen molar-refractivity contribution in [3.8, 4) is 0 Å². The van der Waals surface area contributed by atoms with Crippen LogP contribution in [-0.2, 0) is 9.59 Å². The highest BCUT2D eigenvalue weighted by Crippen LogP contribution is 2.41. The van der Waals surface area contributed by atoms with Crippen molar-refractivity contribution in [3.05, 3.63) is 65.7 Å². The smallest absolute Gasteiger partial charge is 0.294 e. The van der Waals surface area contributed by atoms with E-state index in [0.717, 1.165) is 5.69 Å². The fourth-order valence-corrected chi connectivity index (χ4v) is 3.11. The van der Waals surface area contributed by atoms with E-state index < -0.39 is 17.7 Å². The molecule has 1 aromatic carbocycles. The van der Waals surface area contributed by atoms with Crippen molar-refractivity contribution in [2.75, 3.05) is 23.9 Å². The van der Waals surface area contributed by atoms with E-state index in [2.05, 4.69) is 4.98 Å². The first kappa shape index (κ1) is 17.7. The lowest BCUT2D eigenvalue weighted by atomic mass is 9.96. The van der Waals surface area contributed by atoms with Gasteiger partial charge in [0.05, 0.1) is 11.6 Å². The summed E-state index contributed by atoms with van der Waals surface area (Å²) in [5.74, 6) is -1.31. The monoisotopic (exact) mass is 351 g/mol. The van der Waals surface area contributed by atoms with E-state index in [-0.39, 0.29) is 17.8 Å². The van der Waals surface area contributed by atoms with Crippen LogP contribution in [-0.4, -0.2) is 35.9 Å². The van der Waals surface area contributed by atoms with Crippen molar-refractivity contribution < 1.29 is 14.7 Å². The average Bonchev–Trinajstić information content (AvgIpc) is 2.93. The minimum absolute atomic E-state index is 0.127. The third kappa shape index (κ3) is 2.94. The highest BCUT2D eigenvalue weighted by molar-refractivity contribution is 6.16. The van der Waals surface area contributed by atoms with Gasteiger partial charge in [0.1, 0.15) is 0 Å². The Morgan fingerprint density at radius 2 is 1.92 bits per heavy atom. The lowest BCUT2D eigenvalue weighted by Gasteiger charge is -2.27. The molecule has 1 aliphatic rings. The van der Waals surface area contributed by atoms with Crippen LogP contribution in [0.2, 0.25) is 0 Å². The number of carbonyl (C=O) groups is 2. The summed E-state index contributed by atoms with van der Waals surface area (Å²) >= 11 is 0. The van der Waals surface area contributed by atoms with Gasteiger partial charge in [-0.05, 0) is 35.9 Å². The molecule has 0 aliphatic carbocycles. The summed E-state index contributed by atoms with van der Waals surface area (Å²) in [6.07, 6.45) is 3.44. The van der Waals surface area contributed by atoms with E-state index in [1.807, 2.05) is 43.3 Å². The third-order valence-electron chi connectivity index (χ3n) is 4.47. The first-order valence-corrected chi connectivity index (χ1v) is 8.43. The number of amides is 1. The fourth-order valence-electron chi connectivity index (χ4n) is 3.11. The Hall–Kier alpha value is -3.15. The van der Waals surface area contributed by atoms with Gasteiger partial charge < -0.3 is 10.0 Å². The summed E-state index contributed by atoms with van der Waals surface area (Å²) in [4.78, 5) is 32.7. The number of nitrogens with zero attached hydrogens (tertiary/aromatic N) is 3. The zero-order valence-electron chi connectivity index (χ0n) is 15.0. The first-order valence-electron chi connectivity index (χ1n) is 8.43. The molecule has 0 saturated heterocycles. The second-order valence-electron chi connectivity index (χ2n) is 6.31. The van der Waals surface area contributed by atoms with Crippen LogP contribution >= 0.6 is 0 Å². The van der Waals surface area contributed by atoms with Crippen LogP contribution in [0.3, 0.4) is 0 Å². The molecule has 1 aliphatic heterocycles. The zero-order valence-corrected chi connectivity index (χ0v) is 15.0. The van der Waals surface area contributed by atoms with E-state index in [1.165, 1.54) is 4.90 Å². The number of hydrogen-bond acceptors (Lipinski definition) is 5. The number of Topliss-reactive ketones (excluding diaryl/α,β-unsaturated/α-hetero) is 1. The molecule has 2 heterocycles. The van der Waals surface area contributed by atoms with E-state index in [1.54, 1.807) is 31.5 Å². The number of ketones is 1. The van der Waals surface area contributed by atoms with Crippen molar-refractivity contribution in [2.45, 2.75) is 19.4 Å². The quantitative estimate of drug-likeness (QED) is 0.896. The molecule has 6 nitrogen and oxygen atoms in total. The normalized spacial score (nSPS) is 17.0. The highest BCUT2D eigenvalue weighted by atomic mass is 16.3. The molecular formula is C20H21N3O3. The SMILES string of the molecule is CCC(=O)C1=C(O)C(=O)N(c2ccc(N(C)C)cc2)C1c1cccnc1. The fraction of sp³-hybridized carbons (Fsp3) is 0.250. The molecule has 0 fully saturated rings. The molecule has 26 heavy (non-hydrogen) atoms. The Morgan fingerprint density at radius 1 is 1.23 bits per heavy atom. The van der Waals surface area contributed by atoms with E-state index in [9.17, 15) is 14.7 Å². The molecule has 3 rings (SSSR count). The average molecular weight is 351 g/mol. The Bertz CT molecular complexity index is 858. The van der Waals surface area contributed by atoms with Gasteiger partial charge in [0.15, 0.2) is 11.5 Å². The van der Waals surface area contributed by atoms with Crippen molar-refractivity contribution in [1.82, 2.24) is 4.98 Å². The summed E-state index contributed by atoms with van der Waals surface area (Å²) in [6.45, 7) is 1.71. The van der Waals surface area contributed by atoms with Crippen LogP contribution < -0.4 is 9.80 Å². The van der Waals surface area contributed by atoms with Gasteiger partial charge in [-0.3, -0.25) is 19.5 Å². The summed E-state index contributed by atoms with van der Waals surface area (Å²) in [7, 11) is 3.86. The topological polar surface area (TPSA) is 73.7 Å². The number of rotatable bonds is 5. The molecule has 0 bridgehead atoms. The molecule has 1 unspecified atom stereocenters. The van der Waals surface area contributed by atoms with Crippen LogP contribution in [0.5, 0.6) is 0 Å². The molecule has 0 radical (unpaired) electrons. The molecule has 0 spiro atoms. The largest absolute Gasteiger partial charge is 0.503 e. The van der Waals surface area contributed by atoms with E-state index >= 15 is 0 Å². The predicted octanol–water partition coefficient (Wildman–Crippen LogP) is 3.03. The molecule has 1 atom stereocenters. The molecule has 134 valence electrons. The number of benzene rings is 1. The van der Waals surface area contributed by atoms with Crippen molar-refractivity contribution in [2.24, 2.45) is 0 Å². The standard InChI is InChI=1S/C20H21N3O3/c1-4-16(24)17-18(13-6-5-11-21-12-13)23(20(26)19(17)25)15-9-7-14(8-10-15)22(2)3/h5-12,18,25H,4H2,1-3H3. The molecule has 2 aromatic rings. The van der Waals surface area contributed by atoms with Gasteiger partial charge in [0.25, 0.3) is 5.91 Å². The summed E-state index contributed by atoms with van der Waals surface area (Å²) in [5, 5.41) is 10.4. The van der Waals surface area contributed by atoms with Gasteiger partial charge in [-0.1, -0.05) is 13.0 Å². The summed E-state index contributed by atoms with van der Waals surface area (Å²) in [5.41, 5.74) is 2.40. The summed E-state index contributed by atoms with van der Waals surface area (Å²) in [6, 6.07) is 10.3. The van der Waals surface area contributed by atoms with Crippen LogP contribution in [0.25, 0.3) is 0 Å². The summed E-state index contributed by atoms with van der Waals surface area (Å²) < 4.78 is 0. The molecule has 6 heteroatoms. The van der Waals surface area contributed by atoms with Crippen molar-refractivity contribution in [3.63, 3.8) is 0 Å². The van der Waals surface area contributed by atoms with E-state index in [4.69, 9.17) is 0 Å². The number of aliphatic hydroxyl groups excluding tert-OH is 1. The molecule has 1 aromatic heterocycles. The maximum absolute atomic E-state index is 12.8. The number of hydrogen-bond donors (Lipinski definition) is 1. The molecule has 1 N–H and O–H groups in total. The van der Waals surface area contributed by atoms with Crippen molar-refractivity contribution in [1.29, 1.82) is 0 Å². The number of aliphatic hydroxyl groups is 1. The Morgan fingerprint density at radius 3 is 2.46 bits per heavy atom. The van der Waals surface area contributed by atoms with E-state index in [0.29, 0.717) is 11.3 Å². The van der Waals surface area contributed by atoms with Gasteiger partial charge >= 0.3 is 0 Å². The minimum Gasteiger partial charge on any atom is -0.503 e. The zero-order chi connectivity index (χ0) is 18.8. The van der Waals surface area contributed by atoms with Crippen LogP contribution in [0.1, 0.15) is 24.9 Å². The Labute approximate surface area is 152 Å². The van der Waals surface area contributed by atoms with Gasteiger partial charge in [-0.15, -0.1) is 0 Å². The number of aromatic nitrogens is 1. The predicted molar refractivity (Wildman–Crippen MR) is 100 cm³/mol. The highest BCUT2D eigenvalue weighted by Gasteiger charge is 2.43. The first-order chi connectivity index (χ1) is 12.5. The maximum Gasteiger partial charge on any atom is 0.294 e. The van der Waals surface area contributed by atoms with Crippen LogP contribution in [0.4, 0.5) is 11.4 Å². The number of carbonyl (C=O) groups excluding carboxylic acids is 2. The van der Waals surface area contributed by atoms with Gasteiger partial charge in [-0.2, -0.15) is 0 Å². The second kappa shape index (κ2) is 7.00. The van der Waals surface area contributed by atoms with Gasteiger partial charge in [0, 0.05) is 44.3 Å². The maximum atomic E-state index is 12.8. The minimum atomic E-state index is -0.686. The third-order valence-corrected chi connectivity index (χ3v) is 4.47. The molecule has 1 amide bonds. The van der Waals surface area contributed by atoms with Crippen molar-refractivity contribution >= 4 is 23.1 Å². The van der Waals surface area contributed by atoms with Gasteiger partial charge in [0.2, 0.25) is 0 Å². The molecule has 0 saturated carbocycles.